The molecule has 150 valence electrons. The van der Waals surface area contributed by atoms with Gasteiger partial charge in [0.1, 0.15) is 0 Å². The van der Waals surface area contributed by atoms with Crippen LogP contribution < -0.4 is 0 Å². The van der Waals surface area contributed by atoms with Crippen molar-refractivity contribution in [3.8, 4) is 0 Å². The quantitative estimate of drug-likeness (QED) is 0.337. The van der Waals surface area contributed by atoms with Crippen LogP contribution in [0, 0.1) is 0 Å². The van der Waals surface area contributed by atoms with Gasteiger partial charge in [0.2, 0.25) is 0 Å². The van der Waals surface area contributed by atoms with Crippen LogP contribution in [0.4, 0.5) is 0 Å². The molecule has 0 bridgehead atoms. The van der Waals surface area contributed by atoms with Gasteiger partial charge in [0.05, 0.1) is 0 Å². The third kappa shape index (κ3) is 4.03. The van der Waals surface area contributed by atoms with Gasteiger partial charge in [-0.3, -0.25) is 0 Å². The van der Waals surface area contributed by atoms with Crippen molar-refractivity contribution in [1.29, 1.82) is 0 Å². The summed E-state index contributed by atoms with van der Waals surface area (Å²) in [6, 6.07) is 0. The van der Waals surface area contributed by atoms with Gasteiger partial charge in [-0.1, -0.05) is 0 Å². The Balaban J connectivity index is 2.73. The third-order valence-corrected chi connectivity index (χ3v) is 32.2. The molecular weight excluding hydrogens is 449 g/mol. The van der Waals surface area contributed by atoms with E-state index in [0.717, 1.165) is 0 Å². The van der Waals surface area contributed by atoms with Gasteiger partial charge >= 0.3 is 181 Å². The summed E-state index contributed by atoms with van der Waals surface area (Å²) in [7, 11) is -5.54. The van der Waals surface area contributed by atoms with Crippen molar-refractivity contribution in [1.82, 2.24) is 0 Å². The first-order valence-corrected chi connectivity index (χ1v) is 26.6. The molecule has 0 aromatic heterocycles. The molecule has 0 saturated heterocycles. The average Bonchev–Trinajstić information content (AvgIpc) is 3.01. The fourth-order valence-electron chi connectivity index (χ4n) is 4.91. The molecule has 0 fully saturated rings. The molecule has 2 atom stereocenters. The van der Waals surface area contributed by atoms with Crippen LogP contribution in [0.2, 0.25) is 86.3 Å². The van der Waals surface area contributed by atoms with Crippen LogP contribution in [-0.4, -0.2) is 47.7 Å². The Bertz CT molecular complexity index is 655. The van der Waals surface area contributed by atoms with Crippen LogP contribution in [0.1, 0.15) is 0 Å². The van der Waals surface area contributed by atoms with Gasteiger partial charge in [0.25, 0.3) is 0 Å². The molecule has 0 amide bonds. The summed E-state index contributed by atoms with van der Waals surface area (Å²) in [6.07, 6.45) is 15.4. The monoisotopic (exact) mass is 492 g/mol. The molecule has 2 aliphatic carbocycles. The zero-order valence-corrected chi connectivity index (χ0v) is 26.1. The normalized spacial score (nSPS) is 29.3. The predicted octanol–water partition coefficient (Wildman–Crippen LogP) is 7.51. The maximum absolute atomic E-state index is 2.71. The van der Waals surface area contributed by atoms with Crippen LogP contribution in [0.5, 0.6) is 0 Å². The van der Waals surface area contributed by atoms with E-state index < -0.39 is 32.3 Å². The zero-order chi connectivity index (χ0) is 21.1. The second-order valence-electron chi connectivity index (χ2n) is 12.6. The molecule has 0 aromatic carbocycles. The summed E-state index contributed by atoms with van der Waals surface area (Å²) in [6.45, 7) is 31.3. The Kier molecular flexibility index (Phi) is 6.10. The van der Waals surface area contributed by atoms with E-state index in [1.54, 1.807) is 0 Å². The topological polar surface area (TPSA) is 0 Å². The van der Waals surface area contributed by atoms with E-state index in [9.17, 15) is 0 Å². The Labute approximate surface area is 180 Å². The molecule has 0 N–H and O–H groups in total. The SMILES string of the molecule is C[Si](C)(C)C1=CC=C[C]1([Ge][C]1([Si](C)(C)C)C=CC=C1[Si](C)(C)C)[Si](C)(C)C. The van der Waals surface area contributed by atoms with Gasteiger partial charge in [0, 0.05) is 0 Å². The van der Waals surface area contributed by atoms with E-state index in [1.165, 1.54) is 0 Å². The van der Waals surface area contributed by atoms with Gasteiger partial charge < -0.3 is 0 Å². The van der Waals surface area contributed by atoms with Crippen molar-refractivity contribution in [2.75, 3.05) is 0 Å². The number of allylic oxidation sites excluding steroid dienone is 8. The molecule has 0 saturated carbocycles. The maximum atomic E-state index is 2.71. The second-order valence-corrected chi connectivity index (χ2v) is 39.2. The Morgan fingerprint density at radius 1 is 0.556 bits per heavy atom. The zero-order valence-electron chi connectivity index (χ0n) is 20.0. The summed E-state index contributed by atoms with van der Waals surface area (Å²) in [5.74, 6) is 0. The molecule has 0 aromatic rings. The summed E-state index contributed by atoms with van der Waals surface area (Å²) < 4.78 is 0.871. The van der Waals surface area contributed by atoms with Crippen LogP contribution in [0.15, 0.2) is 46.8 Å². The molecule has 2 radical (unpaired) electrons. The van der Waals surface area contributed by atoms with E-state index in [2.05, 4.69) is 115 Å². The predicted molar refractivity (Wildman–Crippen MR) is 139 cm³/mol. The van der Waals surface area contributed by atoms with Crippen molar-refractivity contribution in [3.63, 3.8) is 0 Å². The molecule has 0 nitrogen and oxygen atoms in total. The first kappa shape index (κ1) is 23.6. The summed E-state index contributed by atoms with van der Waals surface area (Å²) >= 11 is -0.254. The van der Waals surface area contributed by atoms with Crippen molar-refractivity contribution in [2.24, 2.45) is 0 Å². The van der Waals surface area contributed by atoms with Crippen molar-refractivity contribution >= 4 is 47.7 Å². The standard InChI is InChI=1S/C22H42GeSi4/c1-24(2,3)19-15-13-17-21(19,26(7,8)9)23-22(27(10,11)12)18-14-16-20(22)25(4,5)6/h13-18H,1-12H3. The first-order chi connectivity index (χ1) is 11.9. The third-order valence-electron chi connectivity index (χ3n) is 6.44. The molecule has 0 aliphatic heterocycles. The van der Waals surface area contributed by atoms with Crippen molar-refractivity contribution in [3.05, 3.63) is 46.8 Å². The fourth-order valence-corrected chi connectivity index (χ4v) is 32.6. The molecule has 27 heavy (non-hydrogen) atoms. The summed E-state index contributed by atoms with van der Waals surface area (Å²) in [5, 5.41) is 3.75. The Hall–Kier alpha value is 0.370. The van der Waals surface area contributed by atoms with Crippen LogP contribution >= 0.6 is 0 Å². The summed E-state index contributed by atoms with van der Waals surface area (Å²) in [5.41, 5.74) is 0. The summed E-state index contributed by atoms with van der Waals surface area (Å²) in [4.78, 5) is 0. The minimum atomic E-state index is -1.42. The Morgan fingerprint density at radius 2 is 0.852 bits per heavy atom. The Morgan fingerprint density at radius 3 is 1.07 bits per heavy atom. The molecular formula is C22H42GeSi4. The molecule has 2 unspecified atom stereocenters. The molecule has 2 rings (SSSR count). The second kappa shape index (κ2) is 6.96. The first-order valence-electron chi connectivity index (χ1n) is 10.5. The molecule has 0 spiro atoms. The fraction of sp³-hybridized carbons (Fsp3) is 0.636. The molecule has 5 heteroatoms. The molecule has 0 heterocycles. The van der Waals surface area contributed by atoms with E-state index in [-0.39, 0.29) is 15.4 Å². The van der Waals surface area contributed by atoms with E-state index in [0.29, 0.717) is 7.74 Å². The van der Waals surface area contributed by atoms with Crippen LogP contribution in [0.3, 0.4) is 0 Å². The van der Waals surface area contributed by atoms with Gasteiger partial charge in [-0.05, 0) is 0 Å². The van der Waals surface area contributed by atoms with Gasteiger partial charge in [-0.25, -0.2) is 0 Å². The van der Waals surface area contributed by atoms with Crippen molar-refractivity contribution < 1.29 is 0 Å². The van der Waals surface area contributed by atoms with E-state index in [4.69, 9.17) is 0 Å². The van der Waals surface area contributed by atoms with E-state index >= 15 is 0 Å². The number of hydrogen-bond acceptors (Lipinski definition) is 0. The number of rotatable bonds is 6. The number of hydrogen-bond donors (Lipinski definition) is 0. The average molecular weight is 492 g/mol. The van der Waals surface area contributed by atoms with Gasteiger partial charge in [-0.2, -0.15) is 0 Å². The van der Waals surface area contributed by atoms with E-state index in [1.807, 2.05) is 10.4 Å². The van der Waals surface area contributed by atoms with Gasteiger partial charge in [0.15, 0.2) is 0 Å². The van der Waals surface area contributed by atoms with Crippen LogP contribution in [0.25, 0.3) is 0 Å². The van der Waals surface area contributed by atoms with Gasteiger partial charge in [-0.15, -0.1) is 0 Å². The van der Waals surface area contributed by atoms with Crippen molar-refractivity contribution in [2.45, 2.75) is 86.3 Å². The molecule has 2 aliphatic rings. The minimum absolute atomic E-state index is 0.254. The van der Waals surface area contributed by atoms with Crippen LogP contribution in [-0.2, 0) is 0 Å².